The molecule has 0 bridgehead atoms. The third kappa shape index (κ3) is 3.04. The smallest absolute Gasteiger partial charge is 0.116 e. The zero-order valence-electron chi connectivity index (χ0n) is 12.3. The monoisotopic (exact) mass is 278 g/mol. The summed E-state index contributed by atoms with van der Waals surface area (Å²) in [5.74, 6) is 0. The van der Waals surface area contributed by atoms with Crippen molar-refractivity contribution >= 4 is 11.3 Å². The minimum atomic E-state index is 0.0952. The van der Waals surface area contributed by atoms with Crippen LogP contribution in [0.2, 0.25) is 0 Å². The van der Waals surface area contributed by atoms with Crippen molar-refractivity contribution in [3.8, 4) is 0 Å². The Morgan fingerprint density at radius 1 is 1.42 bits per heavy atom. The van der Waals surface area contributed by atoms with Crippen molar-refractivity contribution in [2.24, 2.45) is 7.05 Å². The van der Waals surface area contributed by atoms with Crippen molar-refractivity contribution in [1.29, 1.82) is 0 Å². The van der Waals surface area contributed by atoms with Crippen molar-refractivity contribution in [2.75, 3.05) is 6.54 Å². The molecule has 0 aliphatic heterocycles. The number of aromatic nitrogens is 3. The van der Waals surface area contributed by atoms with Gasteiger partial charge in [0.1, 0.15) is 11.0 Å². The average molecular weight is 278 g/mol. The van der Waals surface area contributed by atoms with Gasteiger partial charge in [0.25, 0.3) is 0 Å². The molecular formula is C14H22N4S. The molecule has 0 aliphatic rings. The maximum absolute atomic E-state index is 4.81. The summed E-state index contributed by atoms with van der Waals surface area (Å²) in [5.41, 5.74) is 2.40. The normalized spacial score (nSPS) is 13.7. The Balaban J connectivity index is 2.35. The van der Waals surface area contributed by atoms with Crippen molar-refractivity contribution in [1.82, 2.24) is 19.9 Å². The third-order valence-corrected chi connectivity index (χ3v) is 4.00. The predicted molar refractivity (Wildman–Crippen MR) is 79.5 cm³/mol. The largest absolute Gasteiger partial charge is 0.336 e. The maximum Gasteiger partial charge on any atom is 0.116 e. The van der Waals surface area contributed by atoms with Gasteiger partial charge in [-0.2, -0.15) is 0 Å². The molecule has 19 heavy (non-hydrogen) atoms. The van der Waals surface area contributed by atoms with Crippen molar-refractivity contribution in [3.05, 3.63) is 34.3 Å². The van der Waals surface area contributed by atoms with E-state index in [1.807, 2.05) is 24.1 Å². The molecule has 1 unspecified atom stereocenters. The third-order valence-electron chi connectivity index (χ3n) is 3.10. The Morgan fingerprint density at radius 2 is 2.16 bits per heavy atom. The van der Waals surface area contributed by atoms with Crippen LogP contribution >= 0.6 is 11.3 Å². The molecule has 2 rings (SSSR count). The Morgan fingerprint density at radius 3 is 2.63 bits per heavy atom. The molecule has 1 N–H and O–H groups in total. The minimum Gasteiger partial charge on any atom is -0.336 e. The highest BCUT2D eigenvalue weighted by Gasteiger charge is 2.23. The maximum atomic E-state index is 4.81. The van der Waals surface area contributed by atoms with Gasteiger partial charge in [-0.25, -0.2) is 9.97 Å². The van der Waals surface area contributed by atoms with E-state index in [1.165, 1.54) is 0 Å². The highest BCUT2D eigenvalue weighted by Crippen LogP contribution is 2.29. The lowest BCUT2D eigenvalue weighted by atomic mass is 9.93. The molecule has 0 amide bonds. The van der Waals surface area contributed by atoms with Crippen LogP contribution in [-0.2, 0) is 12.5 Å². The molecular weight excluding hydrogens is 256 g/mol. The first kappa shape index (κ1) is 14.2. The van der Waals surface area contributed by atoms with Gasteiger partial charge in [0.15, 0.2) is 0 Å². The number of aryl methyl sites for hydroxylation is 1. The molecule has 0 radical (unpaired) electrons. The Kier molecular flexibility index (Phi) is 4.06. The summed E-state index contributed by atoms with van der Waals surface area (Å²) in [6.45, 7) is 9.59. The number of hydrogen-bond acceptors (Lipinski definition) is 4. The highest BCUT2D eigenvalue weighted by atomic mass is 32.1. The topological polar surface area (TPSA) is 42.7 Å². The van der Waals surface area contributed by atoms with Crippen LogP contribution in [-0.4, -0.2) is 21.1 Å². The van der Waals surface area contributed by atoms with Gasteiger partial charge in [-0.1, -0.05) is 27.7 Å². The molecule has 0 aromatic carbocycles. The second-order valence-corrected chi connectivity index (χ2v) is 6.63. The molecule has 0 aliphatic carbocycles. The molecule has 0 fully saturated rings. The van der Waals surface area contributed by atoms with Crippen LogP contribution in [0.15, 0.2) is 17.9 Å². The SMILES string of the molecule is CCNC(c1nc(C(C)(C)C)cs1)c1cncn1C. The molecule has 2 aromatic heterocycles. The van der Waals surface area contributed by atoms with E-state index in [9.17, 15) is 0 Å². The van der Waals surface area contributed by atoms with Gasteiger partial charge in [-0.3, -0.25) is 0 Å². The summed E-state index contributed by atoms with van der Waals surface area (Å²) in [4.78, 5) is 9.02. The van der Waals surface area contributed by atoms with Gasteiger partial charge >= 0.3 is 0 Å². The first-order chi connectivity index (χ1) is 8.93. The fourth-order valence-corrected chi connectivity index (χ4v) is 3.06. The van der Waals surface area contributed by atoms with E-state index < -0.39 is 0 Å². The van der Waals surface area contributed by atoms with Crippen molar-refractivity contribution in [3.63, 3.8) is 0 Å². The molecule has 1 atom stereocenters. The molecule has 2 heterocycles. The quantitative estimate of drug-likeness (QED) is 0.935. The summed E-state index contributed by atoms with van der Waals surface area (Å²) in [7, 11) is 2.02. The fourth-order valence-electron chi connectivity index (χ4n) is 1.93. The number of hydrogen-bond donors (Lipinski definition) is 1. The molecule has 4 nitrogen and oxygen atoms in total. The molecule has 104 valence electrons. The molecule has 0 spiro atoms. The van der Waals surface area contributed by atoms with Gasteiger partial charge < -0.3 is 9.88 Å². The summed E-state index contributed by atoms with van der Waals surface area (Å²) in [5, 5.41) is 6.76. The van der Waals surface area contributed by atoms with Gasteiger partial charge in [-0.15, -0.1) is 11.3 Å². The van der Waals surface area contributed by atoms with Crippen molar-refractivity contribution < 1.29 is 0 Å². The van der Waals surface area contributed by atoms with E-state index in [0.717, 1.165) is 22.9 Å². The Labute approximate surface area is 118 Å². The molecule has 2 aromatic rings. The Bertz CT molecular complexity index is 536. The lowest BCUT2D eigenvalue weighted by Crippen LogP contribution is -2.24. The second-order valence-electron chi connectivity index (χ2n) is 5.74. The zero-order valence-corrected chi connectivity index (χ0v) is 13.1. The van der Waals surface area contributed by atoms with E-state index in [4.69, 9.17) is 4.98 Å². The number of rotatable bonds is 4. The van der Waals surface area contributed by atoms with Crippen LogP contribution in [0.4, 0.5) is 0 Å². The number of nitrogens with one attached hydrogen (secondary N) is 1. The van der Waals surface area contributed by atoms with E-state index in [0.29, 0.717) is 0 Å². The molecule has 0 saturated heterocycles. The van der Waals surface area contributed by atoms with E-state index in [-0.39, 0.29) is 11.5 Å². The van der Waals surface area contributed by atoms with Crippen LogP contribution in [0.25, 0.3) is 0 Å². The van der Waals surface area contributed by atoms with E-state index >= 15 is 0 Å². The van der Waals surface area contributed by atoms with Gasteiger partial charge in [0, 0.05) is 17.8 Å². The first-order valence-electron chi connectivity index (χ1n) is 6.59. The molecule has 5 heteroatoms. The van der Waals surface area contributed by atoms with Crippen LogP contribution in [0.3, 0.4) is 0 Å². The van der Waals surface area contributed by atoms with Crippen LogP contribution in [0.1, 0.15) is 50.1 Å². The highest BCUT2D eigenvalue weighted by molar-refractivity contribution is 7.09. The standard InChI is InChI=1S/C14H22N4S/c1-6-16-12(10-7-15-9-18(10)5)13-17-11(8-19-13)14(2,3)4/h7-9,12,16H,6H2,1-5H3. The fraction of sp³-hybridized carbons (Fsp3) is 0.571. The summed E-state index contributed by atoms with van der Waals surface area (Å²) < 4.78 is 2.05. The van der Waals surface area contributed by atoms with Gasteiger partial charge in [0.2, 0.25) is 0 Å². The first-order valence-corrected chi connectivity index (χ1v) is 7.47. The summed E-state index contributed by atoms with van der Waals surface area (Å²) in [6.07, 6.45) is 3.74. The van der Waals surface area contributed by atoms with Crippen LogP contribution < -0.4 is 5.32 Å². The van der Waals surface area contributed by atoms with Crippen LogP contribution in [0.5, 0.6) is 0 Å². The van der Waals surface area contributed by atoms with Crippen LogP contribution in [0, 0.1) is 0 Å². The Hall–Kier alpha value is -1.20. The number of thiazole rings is 1. The summed E-state index contributed by atoms with van der Waals surface area (Å²) >= 11 is 1.72. The summed E-state index contributed by atoms with van der Waals surface area (Å²) in [6, 6.07) is 0.124. The number of nitrogens with zero attached hydrogens (tertiary/aromatic N) is 3. The van der Waals surface area contributed by atoms with Crippen molar-refractivity contribution in [2.45, 2.75) is 39.2 Å². The minimum absolute atomic E-state index is 0.0952. The van der Waals surface area contributed by atoms with E-state index in [1.54, 1.807) is 11.3 Å². The zero-order chi connectivity index (χ0) is 14.0. The molecule has 0 saturated carbocycles. The second kappa shape index (κ2) is 5.43. The van der Waals surface area contributed by atoms with Gasteiger partial charge in [0.05, 0.1) is 23.9 Å². The average Bonchev–Trinajstić information content (AvgIpc) is 2.94. The predicted octanol–water partition coefficient (Wildman–Crippen LogP) is 2.87. The van der Waals surface area contributed by atoms with Gasteiger partial charge in [-0.05, 0) is 6.54 Å². The lowest BCUT2D eigenvalue weighted by Gasteiger charge is -2.17. The van der Waals surface area contributed by atoms with E-state index in [2.05, 4.69) is 43.4 Å². The number of imidazole rings is 1. The lowest BCUT2D eigenvalue weighted by molar-refractivity contribution is 0.555.